The van der Waals surface area contributed by atoms with E-state index < -0.39 is 0 Å². The van der Waals surface area contributed by atoms with Crippen LogP contribution in [-0.4, -0.2) is 41.0 Å². The highest BCUT2D eigenvalue weighted by molar-refractivity contribution is 6.28. The number of anilines is 1. The normalized spacial score (nSPS) is 11.9. The first kappa shape index (κ1) is 12.2. The highest BCUT2D eigenvalue weighted by Gasteiger charge is 2.19. The summed E-state index contributed by atoms with van der Waals surface area (Å²) < 4.78 is 0. The van der Waals surface area contributed by atoms with Gasteiger partial charge in [0, 0.05) is 18.3 Å². The van der Waals surface area contributed by atoms with E-state index in [2.05, 4.69) is 48.1 Å². The zero-order chi connectivity index (χ0) is 11.5. The first-order chi connectivity index (χ1) is 6.92. The van der Waals surface area contributed by atoms with Crippen LogP contribution in [0, 0.1) is 0 Å². The van der Waals surface area contributed by atoms with Crippen LogP contribution in [-0.2, 0) is 0 Å². The molecule has 0 atom stereocenters. The van der Waals surface area contributed by atoms with Gasteiger partial charge in [0.25, 0.3) is 0 Å². The van der Waals surface area contributed by atoms with Crippen molar-refractivity contribution in [3.63, 3.8) is 0 Å². The van der Waals surface area contributed by atoms with Crippen molar-refractivity contribution in [1.29, 1.82) is 0 Å². The minimum Gasteiger partial charge on any atom is -0.368 e. The van der Waals surface area contributed by atoms with Gasteiger partial charge in [-0.1, -0.05) is 0 Å². The summed E-state index contributed by atoms with van der Waals surface area (Å²) in [5.41, 5.74) is 0.0669. The van der Waals surface area contributed by atoms with Crippen molar-refractivity contribution in [2.45, 2.75) is 19.4 Å². The molecule has 4 nitrogen and oxygen atoms in total. The average molecular weight is 229 g/mol. The van der Waals surface area contributed by atoms with Gasteiger partial charge >= 0.3 is 0 Å². The molecule has 1 heterocycles. The van der Waals surface area contributed by atoms with Gasteiger partial charge in [0.15, 0.2) is 0 Å². The van der Waals surface area contributed by atoms with Gasteiger partial charge in [0.1, 0.15) is 5.82 Å². The molecular weight excluding hydrogens is 212 g/mol. The minimum atomic E-state index is 0.0669. The third kappa shape index (κ3) is 3.64. The molecule has 0 saturated carbocycles. The summed E-state index contributed by atoms with van der Waals surface area (Å²) >= 11 is 5.68. The number of likely N-dealkylation sites (N-methyl/N-ethyl adjacent to an activating group) is 1. The second-order valence-corrected chi connectivity index (χ2v) is 4.61. The molecular formula is C10H17ClN4. The molecule has 1 N–H and O–H groups in total. The highest BCUT2D eigenvalue weighted by atomic mass is 35.5. The van der Waals surface area contributed by atoms with E-state index >= 15 is 0 Å². The topological polar surface area (TPSA) is 41.0 Å². The van der Waals surface area contributed by atoms with Gasteiger partial charge in [0.2, 0.25) is 5.28 Å². The SMILES string of the molecule is CN(C)C(C)(C)CNc1ccnc(Cl)n1. The molecule has 0 unspecified atom stereocenters. The Kier molecular flexibility index (Phi) is 3.88. The quantitative estimate of drug-likeness (QED) is 0.800. The van der Waals surface area contributed by atoms with Gasteiger partial charge in [-0.25, -0.2) is 9.97 Å². The first-order valence-corrected chi connectivity index (χ1v) is 5.19. The summed E-state index contributed by atoms with van der Waals surface area (Å²) in [5.74, 6) is 0.755. The van der Waals surface area contributed by atoms with Gasteiger partial charge in [-0.2, -0.15) is 0 Å². The van der Waals surface area contributed by atoms with Crippen molar-refractivity contribution >= 4 is 17.4 Å². The van der Waals surface area contributed by atoms with Crippen LogP contribution < -0.4 is 5.32 Å². The van der Waals surface area contributed by atoms with Crippen LogP contribution in [0.4, 0.5) is 5.82 Å². The molecule has 84 valence electrons. The molecule has 0 aliphatic heterocycles. The lowest BCUT2D eigenvalue weighted by Crippen LogP contribution is -2.44. The van der Waals surface area contributed by atoms with Gasteiger partial charge in [0.05, 0.1) is 0 Å². The summed E-state index contributed by atoms with van der Waals surface area (Å²) in [6, 6.07) is 1.80. The molecule has 0 fully saturated rings. The standard InChI is InChI=1S/C10H17ClN4/c1-10(2,15(3)4)7-13-8-5-6-12-9(11)14-8/h5-6H,7H2,1-4H3,(H,12,13,14). The number of hydrogen-bond acceptors (Lipinski definition) is 4. The fraction of sp³-hybridized carbons (Fsp3) is 0.600. The van der Waals surface area contributed by atoms with Gasteiger partial charge in [-0.15, -0.1) is 0 Å². The zero-order valence-electron chi connectivity index (χ0n) is 9.58. The number of rotatable bonds is 4. The van der Waals surface area contributed by atoms with Crippen LogP contribution in [0.1, 0.15) is 13.8 Å². The van der Waals surface area contributed by atoms with Crippen LogP contribution in [0.15, 0.2) is 12.3 Å². The van der Waals surface area contributed by atoms with E-state index in [4.69, 9.17) is 11.6 Å². The highest BCUT2D eigenvalue weighted by Crippen LogP contribution is 2.12. The predicted octanol–water partition coefficient (Wildman–Crippen LogP) is 1.88. The average Bonchev–Trinajstić information content (AvgIpc) is 2.15. The van der Waals surface area contributed by atoms with Crippen LogP contribution >= 0.6 is 11.6 Å². The molecule has 0 aromatic carbocycles. The van der Waals surface area contributed by atoms with Crippen molar-refractivity contribution in [3.05, 3.63) is 17.5 Å². The summed E-state index contributed by atoms with van der Waals surface area (Å²) in [4.78, 5) is 10.0. The largest absolute Gasteiger partial charge is 0.368 e. The Morgan fingerprint density at radius 3 is 2.67 bits per heavy atom. The second kappa shape index (κ2) is 4.77. The lowest BCUT2D eigenvalue weighted by atomic mass is 10.0. The zero-order valence-corrected chi connectivity index (χ0v) is 10.3. The Morgan fingerprint density at radius 1 is 1.47 bits per heavy atom. The van der Waals surface area contributed by atoms with Crippen molar-refractivity contribution < 1.29 is 0 Å². The molecule has 0 bridgehead atoms. The Balaban J connectivity index is 2.57. The number of nitrogens with zero attached hydrogens (tertiary/aromatic N) is 3. The lowest BCUT2D eigenvalue weighted by Gasteiger charge is -2.32. The molecule has 1 aromatic rings. The van der Waals surface area contributed by atoms with E-state index in [1.54, 1.807) is 12.3 Å². The van der Waals surface area contributed by atoms with E-state index in [9.17, 15) is 0 Å². The van der Waals surface area contributed by atoms with E-state index in [-0.39, 0.29) is 10.8 Å². The molecule has 0 amide bonds. The van der Waals surface area contributed by atoms with Gasteiger partial charge < -0.3 is 10.2 Å². The third-order valence-corrected chi connectivity index (χ3v) is 2.72. The Bertz CT molecular complexity index is 325. The molecule has 15 heavy (non-hydrogen) atoms. The molecule has 0 radical (unpaired) electrons. The van der Waals surface area contributed by atoms with Gasteiger partial charge in [-0.05, 0) is 45.6 Å². The minimum absolute atomic E-state index is 0.0669. The summed E-state index contributed by atoms with van der Waals surface area (Å²) in [5, 5.41) is 3.50. The number of hydrogen-bond donors (Lipinski definition) is 1. The Morgan fingerprint density at radius 2 is 2.13 bits per heavy atom. The first-order valence-electron chi connectivity index (χ1n) is 4.82. The van der Waals surface area contributed by atoms with Gasteiger partial charge in [-0.3, -0.25) is 0 Å². The maximum absolute atomic E-state index is 5.68. The maximum Gasteiger partial charge on any atom is 0.224 e. The lowest BCUT2D eigenvalue weighted by molar-refractivity contribution is 0.210. The molecule has 0 aliphatic rings. The van der Waals surface area contributed by atoms with Crippen LogP contribution in [0.3, 0.4) is 0 Å². The fourth-order valence-corrected chi connectivity index (χ4v) is 1.05. The number of nitrogens with one attached hydrogen (secondary N) is 1. The van der Waals surface area contributed by atoms with E-state index in [0.29, 0.717) is 0 Å². The Hall–Kier alpha value is -0.870. The molecule has 1 rings (SSSR count). The van der Waals surface area contributed by atoms with Crippen molar-refractivity contribution in [2.24, 2.45) is 0 Å². The summed E-state index contributed by atoms with van der Waals surface area (Å²) in [6.07, 6.45) is 1.64. The van der Waals surface area contributed by atoms with E-state index in [0.717, 1.165) is 12.4 Å². The van der Waals surface area contributed by atoms with Crippen molar-refractivity contribution in [2.75, 3.05) is 26.0 Å². The smallest absolute Gasteiger partial charge is 0.224 e. The molecule has 0 spiro atoms. The molecule has 5 heteroatoms. The fourth-order valence-electron chi connectivity index (χ4n) is 0.898. The summed E-state index contributed by atoms with van der Waals surface area (Å²) in [7, 11) is 4.10. The number of aromatic nitrogens is 2. The maximum atomic E-state index is 5.68. The number of halogens is 1. The summed E-state index contributed by atoms with van der Waals surface area (Å²) in [6.45, 7) is 5.11. The van der Waals surface area contributed by atoms with Crippen molar-refractivity contribution in [3.8, 4) is 0 Å². The third-order valence-electron chi connectivity index (χ3n) is 2.54. The molecule has 0 saturated heterocycles. The second-order valence-electron chi connectivity index (χ2n) is 4.27. The predicted molar refractivity (Wildman–Crippen MR) is 63.3 cm³/mol. The van der Waals surface area contributed by atoms with Crippen LogP contribution in [0.25, 0.3) is 0 Å². The monoisotopic (exact) mass is 228 g/mol. The molecule has 1 aromatic heterocycles. The van der Waals surface area contributed by atoms with E-state index in [1.807, 2.05) is 0 Å². The van der Waals surface area contributed by atoms with E-state index in [1.165, 1.54) is 0 Å². The van der Waals surface area contributed by atoms with Crippen molar-refractivity contribution in [1.82, 2.24) is 14.9 Å². The van der Waals surface area contributed by atoms with Crippen LogP contribution in [0.5, 0.6) is 0 Å². The Labute approximate surface area is 95.7 Å². The molecule has 0 aliphatic carbocycles. The van der Waals surface area contributed by atoms with Crippen LogP contribution in [0.2, 0.25) is 5.28 Å².